The summed E-state index contributed by atoms with van der Waals surface area (Å²) < 4.78 is 13.8. The highest BCUT2D eigenvalue weighted by Crippen LogP contribution is 2.25. The van der Waals surface area contributed by atoms with Crippen LogP contribution in [0.3, 0.4) is 0 Å². The lowest BCUT2D eigenvalue weighted by Gasteiger charge is -2.19. The molecule has 0 bridgehead atoms. The van der Waals surface area contributed by atoms with E-state index in [0.717, 1.165) is 24.1 Å². The average Bonchev–Trinajstić information content (AvgIpc) is 2.44. The Labute approximate surface area is 121 Å². The molecule has 0 aliphatic heterocycles. The van der Waals surface area contributed by atoms with Crippen LogP contribution in [0.1, 0.15) is 30.5 Å². The van der Waals surface area contributed by atoms with Crippen LogP contribution in [-0.4, -0.2) is 11.5 Å². The van der Waals surface area contributed by atoms with Crippen molar-refractivity contribution in [2.24, 2.45) is 0 Å². The van der Waals surface area contributed by atoms with Crippen LogP contribution in [0.5, 0.6) is 0 Å². The summed E-state index contributed by atoms with van der Waals surface area (Å²) in [6.45, 7) is 3.02. The van der Waals surface area contributed by atoms with E-state index < -0.39 is 0 Å². The van der Waals surface area contributed by atoms with Crippen molar-refractivity contribution in [1.82, 2.24) is 10.3 Å². The summed E-state index contributed by atoms with van der Waals surface area (Å²) in [6, 6.07) is 9.07. The van der Waals surface area contributed by atoms with E-state index in [-0.39, 0.29) is 11.9 Å². The first kappa shape index (κ1) is 14.2. The molecular weight excluding hydrogens is 307 g/mol. The molecule has 0 aliphatic rings. The van der Waals surface area contributed by atoms with Crippen molar-refractivity contribution >= 4 is 15.9 Å². The third-order valence-electron chi connectivity index (χ3n) is 2.89. The molecule has 0 radical (unpaired) electrons. The molecule has 1 aromatic heterocycles. The van der Waals surface area contributed by atoms with E-state index in [1.54, 1.807) is 12.3 Å². The maximum Gasteiger partial charge on any atom is 0.137 e. The molecule has 1 N–H and O–H groups in total. The molecule has 0 saturated heterocycles. The minimum atomic E-state index is -0.246. The van der Waals surface area contributed by atoms with Crippen molar-refractivity contribution < 1.29 is 4.39 Å². The van der Waals surface area contributed by atoms with E-state index in [0.29, 0.717) is 4.47 Å². The molecule has 0 saturated carbocycles. The molecule has 19 heavy (non-hydrogen) atoms. The maximum absolute atomic E-state index is 13.3. The van der Waals surface area contributed by atoms with Gasteiger partial charge in [0.15, 0.2) is 0 Å². The maximum atomic E-state index is 13.3. The Morgan fingerprint density at radius 2 is 2.16 bits per heavy atom. The fourth-order valence-electron chi connectivity index (χ4n) is 1.96. The van der Waals surface area contributed by atoms with Crippen LogP contribution in [0.25, 0.3) is 0 Å². The number of nitrogens with zero attached hydrogens (tertiary/aromatic N) is 1. The largest absolute Gasteiger partial charge is 0.306 e. The summed E-state index contributed by atoms with van der Waals surface area (Å²) in [4.78, 5) is 4.15. The van der Waals surface area contributed by atoms with Gasteiger partial charge in [-0.15, -0.1) is 0 Å². The molecule has 0 aliphatic carbocycles. The summed E-state index contributed by atoms with van der Waals surface area (Å²) in [5, 5.41) is 3.47. The van der Waals surface area contributed by atoms with Crippen LogP contribution in [0.4, 0.5) is 4.39 Å². The van der Waals surface area contributed by atoms with Crippen molar-refractivity contribution in [3.8, 4) is 0 Å². The van der Waals surface area contributed by atoms with Gasteiger partial charge in [-0.3, -0.25) is 4.98 Å². The molecule has 4 heteroatoms. The van der Waals surface area contributed by atoms with Crippen LogP contribution in [-0.2, 0) is 0 Å². The number of nitrogens with one attached hydrogen (secondary N) is 1. The first-order valence-corrected chi connectivity index (χ1v) is 7.10. The summed E-state index contributed by atoms with van der Waals surface area (Å²) in [5.41, 5.74) is 2.10. The number of aromatic nitrogens is 1. The zero-order valence-corrected chi connectivity index (χ0v) is 12.3. The van der Waals surface area contributed by atoms with Gasteiger partial charge in [-0.05, 0) is 58.2 Å². The molecule has 100 valence electrons. The second-order valence-electron chi connectivity index (χ2n) is 4.35. The standard InChI is InChI=1S/C15H16BrFN2/c1-2-7-19-15(12-4-3-8-18-10-12)11-5-6-14(17)13(16)9-11/h3-6,8-10,15,19H,2,7H2,1H3. The molecule has 0 fully saturated rings. The SMILES string of the molecule is CCCNC(c1cccnc1)c1ccc(F)c(Br)c1. The van der Waals surface area contributed by atoms with Gasteiger partial charge >= 0.3 is 0 Å². The topological polar surface area (TPSA) is 24.9 Å². The zero-order valence-electron chi connectivity index (χ0n) is 10.7. The summed E-state index contributed by atoms with van der Waals surface area (Å²) >= 11 is 3.24. The highest BCUT2D eigenvalue weighted by Gasteiger charge is 2.14. The third kappa shape index (κ3) is 3.61. The minimum absolute atomic E-state index is 0.0329. The Balaban J connectivity index is 2.34. The fraction of sp³-hybridized carbons (Fsp3) is 0.267. The van der Waals surface area contributed by atoms with E-state index >= 15 is 0 Å². The van der Waals surface area contributed by atoms with Crippen molar-refractivity contribution in [3.05, 3.63) is 64.1 Å². The number of pyridine rings is 1. The Morgan fingerprint density at radius 1 is 1.32 bits per heavy atom. The lowest BCUT2D eigenvalue weighted by Crippen LogP contribution is -2.23. The molecule has 0 amide bonds. The van der Waals surface area contributed by atoms with Crippen LogP contribution in [0.15, 0.2) is 47.2 Å². The van der Waals surface area contributed by atoms with E-state index in [1.807, 2.05) is 24.4 Å². The van der Waals surface area contributed by atoms with Gasteiger partial charge in [0.1, 0.15) is 5.82 Å². The molecule has 1 aromatic carbocycles. The van der Waals surface area contributed by atoms with Crippen LogP contribution in [0, 0.1) is 5.82 Å². The third-order valence-corrected chi connectivity index (χ3v) is 3.50. The number of hydrogen-bond donors (Lipinski definition) is 1. The predicted molar refractivity (Wildman–Crippen MR) is 78.5 cm³/mol. The fourth-order valence-corrected chi connectivity index (χ4v) is 2.35. The Morgan fingerprint density at radius 3 is 2.79 bits per heavy atom. The Kier molecular flexibility index (Phi) is 5.05. The van der Waals surface area contributed by atoms with E-state index in [2.05, 4.69) is 33.2 Å². The summed E-state index contributed by atoms with van der Waals surface area (Å²) in [6.07, 6.45) is 4.63. The lowest BCUT2D eigenvalue weighted by atomic mass is 10.00. The lowest BCUT2D eigenvalue weighted by molar-refractivity contribution is 0.590. The van der Waals surface area contributed by atoms with Gasteiger partial charge in [0.25, 0.3) is 0 Å². The zero-order chi connectivity index (χ0) is 13.7. The van der Waals surface area contributed by atoms with Crippen LogP contribution >= 0.6 is 15.9 Å². The monoisotopic (exact) mass is 322 g/mol. The second-order valence-corrected chi connectivity index (χ2v) is 5.20. The second kappa shape index (κ2) is 6.78. The predicted octanol–water partition coefficient (Wildman–Crippen LogP) is 4.07. The molecule has 1 heterocycles. The van der Waals surface area contributed by atoms with Gasteiger partial charge < -0.3 is 5.32 Å². The Bertz CT molecular complexity index is 531. The van der Waals surface area contributed by atoms with Crippen molar-refractivity contribution in [1.29, 1.82) is 0 Å². The quantitative estimate of drug-likeness (QED) is 0.897. The van der Waals surface area contributed by atoms with Crippen LogP contribution < -0.4 is 5.32 Å². The van der Waals surface area contributed by atoms with E-state index in [9.17, 15) is 4.39 Å². The molecule has 2 rings (SSSR count). The molecule has 2 aromatic rings. The smallest absolute Gasteiger partial charge is 0.137 e. The molecule has 1 unspecified atom stereocenters. The molecular formula is C15H16BrFN2. The first-order chi connectivity index (χ1) is 9.22. The molecule has 2 nitrogen and oxygen atoms in total. The van der Waals surface area contributed by atoms with Crippen molar-refractivity contribution in [2.45, 2.75) is 19.4 Å². The van der Waals surface area contributed by atoms with Gasteiger partial charge in [0.2, 0.25) is 0 Å². The minimum Gasteiger partial charge on any atom is -0.306 e. The van der Waals surface area contributed by atoms with Gasteiger partial charge in [0.05, 0.1) is 10.5 Å². The normalized spacial score (nSPS) is 12.4. The number of rotatable bonds is 5. The van der Waals surface area contributed by atoms with Crippen LogP contribution in [0.2, 0.25) is 0 Å². The first-order valence-electron chi connectivity index (χ1n) is 6.30. The summed E-state index contributed by atoms with van der Waals surface area (Å²) in [7, 11) is 0. The van der Waals surface area contributed by atoms with Crippen molar-refractivity contribution in [3.63, 3.8) is 0 Å². The van der Waals surface area contributed by atoms with E-state index in [1.165, 1.54) is 6.07 Å². The van der Waals surface area contributed by atoms with Gasteiger partial charge in [-0.25, -0.2) is 4.39 Å². The number of benzene rings is 1. The molecule has 1 atom stereocenters. The van der Waals surface area contributed by atoms with Gasteiger partial charge in [-0.1, -0.05) is 19.1 Å². The highest BCUT2D eigenvalue weighted by molar-refractivity contribution is 9.10. The van der Waals surface area contributed by atoms with Gasteiger partial charge in [-0.2, -0.15) is 0 Å². The van der Waals surface area contributed by atoms with E-state index in [4.69, 9.17) is 0 Å². The summed E-state index contributed by atoms with van der Waals surface area (Å²) in [5.74, 6) is -0.246. The van der Waals surface area contributed by atoms with Gasteiger partial charge in [0, 0.05) is 12.4 Å². The number of halogens is 2. The van der Waals surface area contributed by atoms with Crippen molar-refractivity contribution in [2.75, 3.05) is 6.54 Å². The number of hydrogen-bond acceptors (Lipinski definition) is 2. The Hall–Kier alpha value is -1.26. The average molecular weight is 323 g/mol. The highest BCUT2D eigenvalue weighted by atomic mass is 79.9. The molecule has 0 spiro atoms.